The predicted molar refractivity (Wildman–Crippen MR) is 137 cm³/mol. The van der Waals surface area contributed by atoms with Gasteiger partial charge in [-0.25, -0.2) is 0 Å². The standard InChI is InChI=1S/C29H28N2O6/c1-3-36-28(34)24(29(35)37-4-2)21-16-22(31-14-8-5-9-15-31)19-12-13-20-23(25(19)30-21)27(33)18-11-7-6-10-17(18)26(20)32/h6-7,10-13,16,24H,3-5,8-9,14-15H2,1-2H3. The predicted octanol–water partition coefficient (Wildman–Crippen LogP) is 4.21. The van der Waals surface area contributed by atoms with E-state index >= 15 is 0 Å². The lowest BCUT2D eigenvalue weighted by Gasteiger charge is -2.31. The lowest BCUT2D eigenvalue weighted by Crippen LogP contribution is -2.31. The van der Waals surface area contributed by atoms with E-state index in [-0.39, 0.29) is 41.6 Å². The van der Waals surface area contributed by atoms with E-state index in [1.165, 1.54) is 0 Å². The van der Waals surface area contributed by atoms with Crippen LogP contribution in [0.15, 0.2) is 42.5 Å². The van der Waals surface area contributed by atoms with Crippen LogP contribution in [0.3, 0.4) is 0 Å². The number of carbonyl (C=O) groups is 4. The fourth-order valence-electron chi connectivity index (χ4n) is 5.20. The molecule has 8 heteroatoms. The summed E-state index contributed by atoms with van der Waals surface area (Å²) in [5.41, 5.74) is 2.30. The molecule has 190 valence electrons. The number of ether oxygens (including phenoxy) is 2. The zero-order valence-corrected chi connectivity index (χ0v) is 20.9. The number of carbonyl (C=O) groups excluding carboxylic acids is 4. The second-order valence-electron chi connectivity index (χ2n) is 9.14. The average Bonchev–Trinajstić information content (AvgIpc) is 2.91. The van der Waals surface area contributed by atoms with Crippen LogP contribution in [0.1, 0.15) is 76.6 Å². The highest BCUT2D eigenvalue weighted by Gasteiger charge is 2.36. The molecule has 0 N–H and O–H groups in total. The molecule has 1 aliphatic heterocycles. The van der Waals surface area contributed by atoms with E-state index in [0.717, 1.165) is 38.0 Å². The van der Waals surface area contributed by atoms with Crippen molar-refractivity contribution in [2.24, 2.45) is 0 Å². The Morgan fingerprint density at radius 3 is 2.11 bits per heavy atom. The van der Waals surface area contributed by atoms with Gasteiger partial charge in [0.2, 0.25) is 0 Å². The van der Waals surface area contributed by atoms with Gasteiger partial charge in [-0.1, -0.05) is 24.3 Å². The molecule has 3 aromatic rings. The van der Waals surface area contributed by atoms with Crippen LogP contribution in [-0.2, 0) is 19.1 Å². The molecule has 0 radical (unpaired) electrons. The van der Waals surface area contributed by atoms with Crippen LogP contribution < -0.4 is 4.90 Å². The molecule has 8 nitrogen and oxygen atoms in total. The van der Waals surface area contributed by atoms with Gasteiger partial charge < -0.3 is 14.4 Å². The number of pyridine rings is 1. The number of anilines is 1. The second-order valence-corrected chi connectivity index (χ2v) is 9.14. The number of aromatic nitrogens is 1. The van der Waals surface area contributed by atoms with Crippen LogP contribution in [0.5, 0.6) is 0 Å². The highest BCUT2D eigenvalue weighted by Crippen LogP contribution is 2.38. The molecule has 1 fully saturated rings. The summed E-state index contributed by atoms with van der Waals surface area (Å²) < 4.78 is 10.4. The summed E-state index contributed by atoms with van der Waals surface area (Å²) >= 11 is 0. The summed E-state index contributed by atoms with van der Waals surface area (Å²) in [4.78, 5) is 59.9. The lowest BCUT2D eigenvalue weighted by molar-refractivity contribution is -0.157. The minimum Gasteiger partial charge on any atom is -0.465 e. The normalized spacial score (nSPS) is 14.9. The first-order chi connectivity index (χ1) is 18.0. The first-order valence-corrected chi connectivity index (χ1v) is 12.7. The van der Waals surface area contributed by atoms with Gasteiger partial charge in [0, 0.05) is 40.9 Å². The van der Waals surface area contributed by atoms with Gasteiger partial charge >= 0.3 is 11.9 Å². The third kappa shape index (κ3) is 4.26. The Morgan fingerprint density at radius 2 is 1.49 bits per heavy atom. The molecule has 0 unspecified atom stereocenters. The average molecular weight is 501 g/mol. The minimum absolute atomic E-state index is 0.0838. The number of benzene rings is 2. The molecule has 0 saturated carbocycles. The van der Waals surface area contributed by atoms with Gasteiger partial charge in [-0.15, -0.1) is 0 Å². The fraction of sp³-hybridized carbons (Fsp3) is 0.345. The van der Waals surface area contributed by atoms with Gasteiger partial charge in [0.15, 0.2) is 17.5 Å². The maximum Gasteiger partial charge on any atom is 0.326 e. The maximum atomic E-state index is 13.7. The molecular weight excluding hydrogens is 472 g/mol. The molecule has 2 heterocycles. The zero-order chi connectivity index (χ0) is 26.1. The summed E-state index contributed by atoms with van der Waals surface area (Å²) in [6.45, 7) is 5.06. The molecule has 1 aliphatic carbocycles. The Kier molecular flexibility index (Phi) is 6.74. The molecule has 2 aliphatic rings. The van der Waals surface area contributed by atoms with Crippen molar-refractivity contribution < 1.29 is 28.7 Å². The largest absolute Gasteiger partial charge is 0.465 e. The molecule has 1 aromatic heterocycles. The highest BCUT2D eigenvalue weighted by molar-refractivity contribution is 6.32. The Hall–Kier alpha value is -4.07. The molecule has 37 heavy (non-hydrogen) atoms. The fourth-order valence-corrected chi connectivity index (χ4v) is 5.20. The van der Waals surface area contributed by atoms with Crippen LogP contribution in [0.2, 0.25) is 0 Å². The van der Waals surface area contributed by atoms with Gasteiger partial charge in [-0.05, 0) is 51.3 Å². The van der Waals surface area contributed by atoms with Crippen LogP contribution in [-0.4, -0.2) is 54.8 Å². The molecule has 2 aromatic carbocycles. The quantitative estimate of drug-likeness (QED) is 0.287. The van der Waals surface area contributed by atoms with Crippen molar-refractivity contribution in [1.29, 1.82) is 0 Å². The van der Waals surface area contributed by atoms with Crippen LogP contribution in [0.25, 0.3) is 10.9 Å². The Bertz CT molecular complexity index is 1410. The minimum atomic E-state index is -1.41. The van der Waals surface area contributed by atoms with Gasteiger partial charge in [0.1, 0.15) is 0 Å². The Labute approximate surface area is 214 Å². The number of hydrogen-bond donors (Lipinski definition) is 0. The molecule has 0 amide bonds. The third-order valence-corrected chi connectivity index (χ3v) is 6.90. The summed E-state index contributed by atoms with van der Waals surface area (Å²) in [6, 6.07) is 11.9. The Balaban J connectivity index is 1.79. The highest BCUT2D eigenvalue weighted by atomic mass is 16.6. The van der Waals surface area contributed by atoms with E-state index in [0.29, 0.717) is 22.0 Å². The summed E-state index contributed by atoms with van der Waals surface area (Å²) in [7, 11) is 0. The van der Waals surface area contributed by atoms with E-state index in [4.69, 9.17) is 14.5 Å². The summed E-state index contributed by atoms with van der Waals surface area (Å²) in [5.74, 6) is -3.52. The van der Waals surface area contributed by atoms with Crippen molar-refractivity contribution in [2.45, 2.75) is 39.0 Å². The van der Waals surface area contributed by atoms with E-state index < -0.39 is 17.9 Å². The number of hydrogen-bond acceptors (Lipinski definition) is 8. The Morgan fingerprint density at radius 1 is 0.865 bits per heavy atom. The maximum absolute atomic E-state index is 13.7. The second kappa shape index (κ2) is 10.1. The van der Waals surface area contributed by atoms with E-state index in [1.807, 2.05) is 0 Å². The molecule has 5 rings (SSSR count). The van der Waals surface area contributed by atoms with Crippen LogP contribution in [0, 0.1) is 0 Å². The van der Waals surface area contributed by atoms with Crippen LogP contribution >= 0.6 is 0 Å². The monoisotopic (exact) mass is 500 g/mol. The molecule has 1 saturated heterocycles. The van der Waals surface area contributed by atoms with Crippen molar-refractivity contribution >= 4 is 40.1 Å². The molecule has 0 atom stereocenters. The first kappa shape index (κ1) is 24.6. The van der Waals surface area contributed by atoms with Gasteiger partial charge in [-0.2, -0.15) is 0 Å². The van der Waals surface area contributed by atoms with Crippen molar-refractivity contribution in [3.63, 3.8) is 0 Å². The number of esters is 2. The number of ketones is 2. The van der Waals surface area contributed by atoms with E-state index in [2.05, 4.69) is 4.90 Å². The van der Waals surface area contributed by atoms with E-state index in [1.54, 1.807) is 56.3 Å². The smallest absolute Gasteiger partial charge is 0.326 e. The topological polar surface area (TPSA) is 103 Å². The number of piperidine rings is 1. The van der Waals surface area contributed by atoms with Crippen molar-refractivity contribution in [3.05, 3.63) is 70.4 Å². The lowest BCUT2D eigenvalue weighted by atomic mass is 9.82. The van der Waals surface area contributed by atoms with Crippen molar-refractivity contribution in [2.75, 3.05) is 31.2 Å². The molecule has 0 spiro atoms. The number of fused-ring (bicyclic) bond motifs is 4. The van der Waals surface area contributed by atoms with Gasteiger partial charge in [0.05, 0.1) is 30.0 Å². The van der Waals surface area contributed by atoms with Gasteiger partial charge in [0.25, 0.3) is 0 Å². The summed E-state index contributed by atoms with van der Waals surface area (Å²) in [5, 5.41) is 0.691. The zero-order valence-electron chi connectivity index (χ0n) is 20.9. The number of rotatable bonds is 6. The molecular formula is C29H28N2O6. The van der Waals surface area contributed by atoms with Crippen molar-refractivity contribution in [1.82, 2.24) is 4.98 Å². The van der Waals surface area contributed by atoms with Crippen molar-refractivity contribution in [3.8, 4) is 0 Å². The van der Waals surface area contributed by atoms with Crippen LogP contribution in [0.4, 0.5) is 5.69 Å². The first-order valence-electron chi connectivity index (χ1n) is 12.7. The summed E-state index contributed by atoms with van der Waals surface area (Å²) in [6.07, 6.45) is 3.10. The van der Waals surface area contributed by atoms with Gasteiger partial charge in [-0.3, -0.25) is 24.2 Å². The molecule has 0 bridgehead atoms. The SMILES string of the molecule is CCOC(=O)C(C(=O)OCC)c1cc(N2CCCCC2)c2ccc3c(c2n1)C(=O)c1ccccc1C3=O. The number of nitrogens with zero attached hydrogens (tertiary/aromatic N) is 2. The third-order valence-electron chi connectivity index (χ3n) is 6.90. The van der Waals surface area contributed by atoms with E-state index in [9.17, 15) is 19.2 Å².